The molecule has 0 aromatic rings. The van der Waals surface area contributed by atoms with Crippen LogP contribution in [0.1, 0.15) is 0 Å². The first kappa shape index (κ1) is 97.2. The molecule has 0 aliphatic carbocycles. The Morgan fingerprint density at radius 1 is 0.263 bits per heavy atom. The van der Waals surface area contributed by atoms with Gasteiger partial charge in [0.2, 0.25) is 0 Å². The summed E-state index contributed by atoms with van der Waals surface area (Å²) in [5, 5.41) is 50.0. The van der Waals surface area contributed by atoms with Crippen molar-refractivity contribution in [2.24, 2.45) is 0 Å². The van der Waals surface area contributed by atoms with E-state index in [2.05, 4.69) is 0 Å². The van der Waals surface area contributed by atoms with Crippen molar-refractivity contribution in [3.05, 3.63) is 52.6 Å². The van der Waals surface area contributed by atoms with Crippen LogP contribution in [0.4, 0.5) is 0 Å². The average Bonchev–Trinajstić information content (AvgIpc) is 2.54. The predicted molar refractivity (Wildman–Crippen MR) is 39.7 cm³/mol. The third-order valence-corrected chi connectivity index (χ3v) is 0. The van der Waals surface area contributed by atoms with Gasteiger partial charge in [-0.15, -0.1) is 0 Å². The first-order chi connectivity index (χ1) is 8.00. The largest absolute Gasteiger partial charge is 1.00 e. The number of hydrogen-bond acceptors (Lipinski definition) is 8. The Kier molecular flexibility index (Phi) is 1840000. The number of hydrogen-bond donors (Lipinski definition) is 0. The van der Waals surface area contributed by atoms with E-state index in [0.717, 1.165) is 0 Å². The van der Waals surface area contributed by atoms with Crippen molar-refractivity contribution in [2.45, 2.75) is 0 Å². The number of nitrogens with zero attached hydrogens (tertiary/aromatic N) is 8. The van der Waals surface area contributed by atoms with Crippen LogP contribution in [0.2, 0.25) is 0 Å². The maximum Gasteiger partial charge on any atom is 1.00 e. The normalized spacial score (nSPS) is 0.842. The molecule has 11 heteroatoms. The topological polar surface area (TPSA) is 190 Å². The molecule has 86 valence electrons. The van der Waals surface area contributed by atoms with Crippen molar-refractivity contribution < 1.29 is 124 Å². The van der Waals surface area contributed by atoms with Crippen molar-refractivity contribution in [3.63, 3.8) is 0 Å². The van der Waals surface area contributed by atoms with Gasteiger partial charge in [0.1, 0.15) is 0 Å². The molecular formula is C8K2N8W-6. The van der Waals surface area contributed by atoms with Crippen LogP contribution in [0.15, 0.2) is 0 Å². The van der Waals surface area contributed by atoms with Crippen LogP contribution in [-0.4, -0.2) is 0 Å². The van der Waals surface area contributed by atoms with Crippen molar-refractivity contribution in [3.8, 4) is 0 Å². The molecule has 0 N–H and O–H groups in total. The molecule has 19 heavy (non-hydrogen) atoms. The molecule has 0 aliphatic rings. The van der Waals surface area contributed by atoms with Crippen LogP contribution >= 0.6 is 0 Å². The standard InChI is InChI=1S/8CN.2K.W/c8*1-2;;;/q8*-1;2*+1;. The quantitative estimate of drug-likeness (QED) is 0.248. The molecule has 0 bridgehead atoms. The fourth-order valence-electron chi connectivity index (χ4n) is 0. The maximum absolute atomic E-state index is 6.25. The summed E-state index contributed by atoms with van der Waals surface area (Å²) in [5.41, 5.74) is 0. The third kappa shape index (κ3) is 319000. The van der Waals surface area contributed by atoms with Gasteiger partial charge in [-0.05, 0) is 0 Å². The Labute approximate surface area is 214 Å². The summed E-state index contributed by atoms with van der Waals surface area (Å²) in [6.07, 6.45) is 0. The fourth-order valence-corrected chi connectivity index (χ4v) is 0. The monoisotopic (exact) mass is 470 g/mol. The zero-order chi connectivity index (χ0) is 16.0. The fraction of sp³-hybridized carbons (Fsp3) is 0. The van der Waals surface area contributed by atoms with Gasteiger partial charge < -0.3 is 94.7 Å². The van der Waals surface area contributed by atoms with Crippen molar-refractivity contribution >= 4 is 0 Å². The van der Waals surface area contributed by atoms with Crippen molar-refractivity contribution in [2.75, 3.05) is 0 Å². The van der Waals surface area contributed by atoms with Gasteiger partial charge in [0.25, 0.3) is 0 Å². The van der Waals surface area contributed by atoms with Crippen LogP contribution in [-0.2, 0) is 21.1 Å². The van der Waals surface area contributed by atoms with Gasteiger partial charge in [-0.2, -0.15) is 0 Å². The first-order valence-corrected chi connectivity index (χ1v) is 1.79. The molecule has 0 amide bonds. The molecule has 0 aromatic heterocycles. The molecule has 0 unspecified atom stereocenters. The van der Waals surface area contributed by atoms with Gasteiger partial charge in [0.15, 0.2) is 0 Å². The van der Waals surface area contributed by atoms with Gasteiger partial charge >= 0.3 is 103 Å². The second-order valence-corrected chi connectivity index (χ2v) is 0. The molecule has 8 nitrogen and oxygen atoms in total. The summed E-state index contributed by atoms with van der Waals surface area (Å²) in [6.45, 7) is 38.0. The van der Waals surface area contributed by atoms with Crippen molar-refractivity contribution in [1.82, 2.24) is 0 Å². The molecule has 0 aromatic carbocycles. The molecule has 0 spiro atoms. The van der Waals surface area contributed by atoms with Crippen LogP contribution in [0.25, 0.3) is 0 Å². The van der Waals surface area contributed by atoms with Gasteiger partial charge in [0.05, 0.1) is 0 Å². The second-order valence-electron chi connectivity index (χ2n) is 0. The van der Waals surface area contributed by atoms with E-state index in [9.17, 15) is 0 Å². The Morgan fingerprint density at radius 2 is 0.263 bits per heavy atom. The minimum absolute atomic E-state index is 0. The second kappa shape index (κ2) is 360000. The SMILES string of the molecule is [C-]#N.[C-]#N.[C-]#N.[C-]#N.[C-]#N.[C-]#N.[C-]#N.[C-]#N.[K+].[K+].[W]. The molecule has 0 heterocycles. The molecular weight excluding hydrogens is 470 g/mol. The Balaban J connectivity index is -0.00000000418. The van der Waals surface area contributed by atoms with E-state index in [4.69, 9.17) is 94.7 Å². The summed E-state index contributed by atoms with van der Waals surface area (Å²) < 4.78 is 0. The van der Waals surface area contributed by atoms with Gasteiger partial charge in [-0.3, -0.25) is 0 Å². The number of rotatable bonds is 0. The minimum atomic E-state index is 0. The third-order valence-electron chi connectivity index (χ3n) is 0. The minimum Gasteiger partial charge on any atom is -0.512 e. The summed E-state index contributed by atoms with van der Waals surface area (Å²) in [4.78, 5) is 0. The smallest absolute Gasteiger partial charge is 0.512 e. The maximum atomic E-state index is 6.25. The average molecular weight is 470 g/mol. The molecule has 0 saturated carbocycles. The van der Waals surface area contributed by atoms with E-state index in [1.165, 1.54) is 0 Å². The van der Waals surface area contributed by atoms with Crippen LogP contribution < -0.4 is 103 Å². The van der Waals surface area contributed by atoms with Crippen LogP contribution in [0.5, 0.6) is 0 Å². The molecule has 0 aliphatic heterocycles. The van der Waals surface area contributed by atoms with E-state index in [1.54, 1.807) is 0 Å². The van der Waals surface area contributed by atoms with E-state index in [1.807, 2.05) is 0 Å². The molecule has 0 saturated heterocycles. The Bertz CT molecular complexity index is 141. The van der Waals surface area contributed by atoms with E-state index >= 15 is 0 Å². The zero-order valence-corrected chi connectivity index (χ0v) is 19.2. The summed E-state index contributed by atoms with van der Waals surface area (Å²) >= 11 is 0. The molecule has 0 fully saturated rings. The Hall–Kier alpha value is -0.119. The predicted octanol–water partition coefficient (Wildman–Crippen LogP) is -5.22. The summed E-state index contributed by atoms with van der Waals surface area (Å²) in [5.74, 6) is 0. The molecule has 0 rings (SSSR count). The molecule has 0 atom stereocenters. The van der Waals surface area contributed by atoms with E-state index < -0.39 is 0 Å². The summed E-state index contributed by atoms with van der Waals surface area (Å²) in [7, 11) is 0. The van der Waals surface area contributed by atoms with Gasteiger partial charge in [0, 0.05) is 21.1 Å². The van der Waals surface area contributed by atoms with Crippen LogP contribution in [0.3, 0.4) is 0 Å². The van der Waals surface area contributed by atoms with E-state index in [-0.39, 0.29) is 124 Å². The van der Waals surface area contributed by atoms with Gasteiger partial charge in [-0.1, -0.05) is 0 Å². The molecule has 0 radical (unpaired) electrons. The summed E-state index contributed by atoms with van der Waals surface area (Å²) in [6, 6.07) is 0. The first-order valence-electron chi connectivity index (χ1n) is 1.79. The van der Waals surface area contributed by atoms with Crippen molar-refractivity contribution in [1.29, 1.82) is 42.1 Å². The van der Waals surface area contributed by atoms with Gasteiger partial charge in [-0.25, -0.2) is 0 Å². The zero-order valence-electron chi connectivity index (χ0n) is 9.99. The van der Waals surface area contributed by atoms with E-state index in [0.29, 0.717) is 0 Å². The van der Waals surface area contributed by atoms with Crippen LogP contribution in [0, 0.1) is 94.7 Å². The Morgan fingerprint density at radius 3 is 0.263 bits per heavy atom.